The molecule has 1 unspecified atom stereocenters. The van der Waals surface area contributed by atoms with Crippen molar-refractivity contribution in [2.75, 3.05) is 13.7 Å². The zero-order chi connectivity index (χ0) is 10.7. The van der Waals surface area contributed by atoms with Crippen LogP contribution in [-0.4, -0.2) is 23.9 Å². The molecule has 0 bridgehead atoms. The van der Waals surface area contributed by atoms with Crippen molar-refractivity contribution in [2.45, 2.75) is 20.0 Å². The van der Waals surface area contributed by atoms with Gasteiger partial charge in [0.1, 0.15) is 11.9 Å². The van der Waals surface area contributed by atoms with Crippen LogP contribution in [0.3, 0.4) is 0 Å². The fourth-order valence-corrected chi connectivity index (χ4v) is 1.50. The second kappa shape index (κ2) is 4.44. The molecule has 0 fully saturated rings. The highest BCUT2D eigenvalue weighted by Crippen LogP contribution is 2.27. The van der Waals surface area contributed by atoms with E-state index in [0.29, 0.717) is 0 Å². The van der Waals surface area contributed by atoms with E-state index in [1.54, 1.807) is 19.2 Å². The molecule has 3 nitrogen and oxygen atoms in total. The summed E-state index contributed by atoms with van der Waals surface area (Å²) in [6, 6.07) is 3.58. The minimum atomic E-state index is -0.806. The molecule has 0 aliphatic heterocycles. The lowest BCUT2D eigenvalue weighted by molar-refractivity contribution is 0.0950. The van der Waals surface area contributed by atoms with Crippen molar-refractivity contribution in [1.29, 1.82) is 0 Å². The van der Waals surface area contributed by atoms with Gasteiger partial charge in [0.2, 0.25) is 0 Å². The maximum Gasteiger partial charge on any atom is 0.122 e. The first kappa shape index (κ1) is 11.0. The van der Waals surface area contributed by atoms with Crippen LogP contribution in [0.5, 0.6) is 5.75 Å². The van der Waals surface area contributed by atoms with Crippen molar-refractivity contribution in [2.24, 2.45) is 0 Å². The van der Waals surface area contributed by atoms with Crippen LogP contribution >= 0.6 is 0 Å². The highest BCUT2D eigenvalue weighted by molar-refractivity contribution is 5.44. The second-order valence-electron chi connectivity index (χ2n) is 3.31. The fraction of sp³-hybridized carbons (Fsp3) is 0.455. The Labute approximate surface area is 84.0 Å². The second-order valence-corrected chi connectivity index (χ2v) is 3.31. The molecule has 0 amide bonds. The molecule has 2 N–H and O–H groups in total. The molecule has 0 radical (unpaired) electrons. The molecule has 78 valence electrons. The summed E-state index contributed by atoms with van der Waals surface area (Å²) < 4.78 is 5.15. The highest BCUT2D eigenvalue weighted by Gasteiger charge is 2.12. The zero-order valence-corrected chi connectivity index (χ0v) is 8.74. The largest absolute Gasteiger partial charge is 0.496 e. The van der Waals surface area contributed by atoms with E-state index in [-0.39, 0.29) is 6.61 Å². The van der Waals surface area contributed by atoms with E-state index in [1.807, 2.05) is 13.8 Å². The van der Waals surface area contributed by atoms with Gasteiger partial charge in [-0.3, -0.25) is 0 Å². The predicted molar refractivity (Wildman–Crippen MR) is 54.5 cm³/mol. The van der Waals surface area contributed by atoms with E-state index >= 15 is 0 Å². The topological polar surface area (TPSA) is 49.7 Å². The Hall–Kier alpha value is -1.06. The number of benzene rings is 1. The van der Waals surface area contributed by atoms with E-state index in [4.69, 9.17) is 9.84 Å². The molecule has 3 heteroatoms. The normalized spacial score (nSPS) is 12.6. The first-order valence-electron chi connectivity index (χ1n) is 4.54. The molecule has 1 atom stereocenters. The molecule has 1 rings (SSSR count). The van der Waals surface area contributed by atoms with E-state index in [0.717, 1.165) is 22.4 Å². The Kier molecular flexibility index (Phi) is 3.49. The van der Waals surface area contributed by atoms with Crippen LogP contribution in [0.25, 0.3) is 0 Å². The van der Waals surface area contributed by atoms with Crippen LogP contribution in [0.4, 0.5) is 0 Å². The van der Waals surface area contributed by atoms with Gasteiger partial charge in [-0.2, -0.15) is 0 Å². The maximum absolute atomic E-state index is 9.51. The number of ether oxygens (including phenoxy) is 1. The standard InChI is InChI=1S/C11H16O3/c1-7-8(2)11(14-3)5-4-9(7)10(13)6-12/h4-5,10,12-13H,6H2,1-3H3. The minimum Gasteiger partial charge on any atom is -0.496 e. The monoisotopic (exact) mass is 196 g/mol. The molecule has 1 aromatic rings. The van der Waals surface area contributed by atoms with Gasteiger partial charge >= 0.3 is 0 Å². The van der Waals surface area contributed by atoms with E-state index in [9.17, 15) is 5.11 Å². The molecular formula is C11H16O3. The lowest BCUT2D eigenvalue weighted by Gasteiger charge is -2.15. The Morgan fingerprint density at radius 2 is 1.93 bits per heavy atom. The Morgan fingerprint density at radius 1 is 1.29 bits per heavy atom. The van der Waals surface area contributed by atoms with Crippen molar-refractivity contribution in [3.05, 3.63) is 28.8 Å². The summed E-state index contributed by atoms with van der Waals surface area (Å²) in [7, 11) is 1.61. The van der Waals surface area contributed by atoms with E-state index in [1.165, 1.54) is 0 Å². The summed E-state index contributed by atoms with van der Waals surface area (Å²) in [6.07, 6.45) is -0.806. The molecule has 0 saturated heterocycles. The summed E-state index contributed by atoms with van der Waals surface area (Å²) in [6.45, 7) is 3.58. The zero-order valence-electron chi connectivity index (χ0n) is 8.74. The average Bonchev–Trinajstić information content (AvgIpc) is 2.21. The van der Waals surface area contributed by atoms with Gasteiger partial charge in [-0.25, -0.2) is 0 Å². The average molecular weight is 196 g/mol. The number of hydrogen-bond donors (Lipinski definition) is 2. The quantitative estimate of drug-likeness (QED) is 0.767. The van der Waals surface area contributed by atoms with Crippen LogP contribution < -0.4 is 4.74 Å². The van der Waals surface area contributed by atoms with Gasteiger partial charge in [0, 0.05) is 0 Å². The Bertz CT molecular complexity index is 321. The Morgan fingerprint density at radius 3 is 2.43 bits per heavy atom. The third-order valence-corrected chi connectivity index (χ3v) is 2.53. The van der Waals surface area contributed by atoms with Crippen LogP contribution in [0.15, 0.2) is 12.1 Å². The van der Waals surface area contributed by atoms with Crippen molar-refractivity contribution in [3.8, 4) is 5.75 Å². The van der Waals surface area contributed by atoms with Gasteiger partial charge in [0.25, 0.3) is 0 Å². The Balaban J connectivity index is 3.17. The van der Waals surface area contributed by atoms with Crippen molar-refractivity contribution in [1.82, 2.24) is 0 Å². The third kappa shape index (κ3) is 1.89. The smallest absolute Gasteiger partial charge is 0.122 e. The van der Waals surface area contributed by atoms with Crippen molar-refractivity contribution < 1.29 is 14.9 Å². The minimum absolute atomic E-state index is 0.257. The van der Waals surface area contributed by atoms with Crippen molar-refractivity contribution >= 4 is 0 Å². The number of methoxy groups -OCH3 is 1. The first-order valence-corrected chi connectivity index (χ1v) is 4.54. The van der Waals surface area contributed by atoms with Crippen LogP contribution in [0.1, 0.15) is 22.8 Å². The SMILES string of the molecule is COc1ccc(C(O)CO)c(C)c1C. The van der Waals surface area contributed by atoms with Gasteiger partial charge < -0.3 is 14.9 Å². The molecule has 0 aliphatic carbocycles. The molecule has 0 aliphatic rings. The predicted octanol–water partition coefficient (Wildman–Crippen LogP) is 1.34. The molecule has 0 saturated carbocycles. The molecule has 0 spiro atoms. The summed E-state index contributed by atoms with van der Waals surface area (Å²) >= 11 is 0. The fourth-order valence-electron chi connectivity index (χ4n) is 1.50. The van der Waals surface area contributed by atoms with Gasteiger partial charge in [0.05, 0.1) is 13.7 Å². The van der Waals surface area contributed by atoms with Crippen molar-refractivity contribution in [3.63, 3.8) is 0 Å². The lowest BCUT2D eigenvalue weighted by atomic mass is 9.99. The third-order valence-electron chi connectivity index (χ3n) is 2.53. The summed E-state index contributed by atoms with van der Waals surface area (Å²) in [5.41, 5.74) is 2.72. The lowest BCUT2D eigenvalue weighted by Crippen LogP contribution is -2.06. The molecule has 0 aromatic heterocycles. The molecule has 0 heterocycles. The van der Waals surface area contributed by atoms with Gasteiger partial charge in [-0.05, 0) is 36.6 Å². The summed E-state index contributed by atoms with van der Waals surface area (Å²) in [5, 5.41) is 18.4. The van der Waals surface area contributed by atoms with Crippen LogP contribution in [-0.2, 0) is 0 Å². The molecule has 1 aromatic carbocycles. The van der Waals surface area contributed by atoms with Crippen LogP contribution in [0, 0.1) is 13.8 Å². The van der Waals surface area contributed by atoms with E-state index < -0.39 is 6.10 Å². The van der Waals surface area contributed by atoms with Gasteiger partial charge in [-0.15, -0.1) is 0 Å². The highest BCUT2D eigenvalue weighted by atomic mass is 16.5. The summed E-state index contributed by atoms with van der Waals surface area (Å²) in [4.78, 5) is 0. The van der Waals surface area contributed by atoms with E-state index in [2.05, 4.69) is 0 Å². The summed E-state index contributed by atoms with van der Waals surface area (Å²) in [5.74, 6) is 0.802. The maximum atomic E-state index is 9.51. The number of rotatable bonds is 3. The molecule has 14 heavy (non-hydrogen) atoms. The number of aliphatic hydroxyl groups is 2. The number of hydrogen-bond acceptors (Lipinski definition) is 3. The van der Waals surface area contributed by atoms with Crippen LogP contribution in [0.2, 0.25) is 0 Å². The molecular weight excluding hydrogens is 180 g/mol. The first-order chi connectivity index (χ1) is 6.61. The van der Waals surface area contributed by atoms with Gasteiger partial charge in [-0.1, -0.05) is 6.07 Å². The van der Waals surface area contributed by atoms with Gasteiger partial charge in [0.15, 0.2) is 0 Å². The number of aliphatic hydroxyl groups excluding tert-OH is 2.